The first-order valence-electron chi connectivity index (χ1n) is 8.02. The van der Waals surface area contributed by atoms with Crippen molar-refractivity contribution >= 4 is 10.9 Å². The van der Waals surface area contributed by atoms with Gasteiger partial charge >= 0.3 is 0 Å². The summed E-state index contributed by atoms with van der Waals surface area (Å²) in [6, 6.07) is 8.85. The SMILES string of the molecule is CCNC(CC1CCOCC1)c1nn(C)c2ccccc12. The van der Waals surface area contributed by atoms with Gasteiger partial charge in [0.15, 0.2) is 0 Å². The van der Waals surface area contributed by atoms with Crippen molar-refractivity contribution in [3.05, 3.63) is 30.0 Å². The number of rotatable bonds is 5. The summed E-state index contributed by atoms with van der Waals surface area (Å²) in [6.07, 6.45) is 3.50. The minimum atomic E-state index is 0.337. The van der Waals surface area contributed by atoms with Crippen molar-refractivity contribution in [3.63, 3.8) is 0 Å². The van der Waals surface area contributed by atoms with Gasteiger partial charge in [-0.3, -0.25) is 4.68 Å². The van der Waals surface area contributed by atoms with Crippen molar-refractivity contribution < 1.29 is 4.74 Å². The van der Waals surface area contributed by atoms with Crippen LogP contribution in [0.5, 0.6) is 0 Å². The molecule has 1 fully saturated rings. The quantitative estimate of drug-likeness (QED) is 0.918. The standard InChI is InChI=1S/C17H25N3O/c1-3-18-15(12-13-8-10-21-11-9-13)17-14-6-4-5-7-16(14)20(2)19-17/h4-7,13,15,18H,3,8-12H2,1-2H3. The van der Waals surface area contributed by atoms with Gasteiger partial charge in [-0.25, -0.2) is 0 Å². The topological polar surface area (TPSA) is 39.1 Å². The summed E-state index contributed by atoms with van der Waals surface area (Å²) in [6.45, 7) is 4.96. The molecule has 1 atom stereocenters. The highest BCUT2D eigenvalue weighted by Crippen LogP contribution is 2.30. The Hall–Kier alpha value is -1.39. The number of nitrogens with one attached hydrogen (secondary N) is 1. The Morgan fingerprint density at radius 2 is 2.10 bits per heavy atom. The van der Waals surface area contributed by atoms with Gasteiger partial charge in [-0.2, -0.15) is 5.10 Å². The molecule has 0 bridgehead atoms. The molecule has 0 amide bonds. The minimum Gasteiger partial charge on any atom is -0.381 e. The number of hydrogen-bond donors (Lipinski definition) is 1. The molecule has 2 heterocycles. The van der Waals surface area contributed by atoms with Gasteiger partial charge in [0.25, 0.3) is 0 Å². The molecule has 1 aliphatic rings. The maximum absolute atomic E-state index is 5.48. The molecule has 4 nitrogen and oxygen atoms in total. The molecule has 0 aliphatic carbocycles. The molecule has 21 heavy (non-hydrogen) atoms. The normalized spacial score (nSPS) is 18.2. The second-order valence-electron chi connectivity index (χ2n) is 5.93. The van der Waals surface area contributed by atoms with Gasteiger partial charge in [0.2, 0.25) is 0 Å². The van der Waals surface area contributed by atoms with Crippen molar-refractivity contribution in [1.82, 2.24) is 15.1 Å². The van der Waals surface area contributed by atoms with E-state index < -0.39 is 0 Å². The van der Waals surface area contributed by atoms with Gasteiger partial charge in [0.1, 0.15) is 0 Å². The maximum atomic E-state index is 5.48. The maximum Gasteiger partial charge on any atom is 0.0872 e. The fraction of sp³-hybridized carbons (Fsp3) is 0.588. The van der Waals surface area contributed by atoms with Crippen LogP contribution in [0.25, 0.3) is 10.9 Å². The average Bonchev–Trinajstić information content (AvgIpc) is 2.86. The van der Waals surface area contributed by atoms with Crippen LogP contribution in [0.3, 0.4) is 0 Å². The van der Waals surface area contributed by atoms with Crippen LogP contribution in [-0.2, 0) is 11.8 Å². The first kappa shape index (κ1) is 14.5. The zero-order chi connectivity index (χ0) is 14.7. The molecule has 1 saturated heterocycles. The highest BCUT2D eigenvalue weighted by Gasteiger charge is 2.23. The third-order valence-corrected chi connectivity index (χ3v) is 4.48. The highest BCUT2D eigenvalue weighted by molar-refractivity contribution is 5.82. The predicted octanol–water partition coefficient (Wildman–Crippen LogP) is 3.04. The molecule has 1 aromatic heterocycles. The number of aromatic nitrogens is 2. The third-order valence-electron chi connectivity index (χ3n) is 4.48. The number of nitrogens with zero attached hydrogens (tertiary/aromatic N) is 2. The largest absolute Gasteiger partial charge is 0.381 e. The van der Waals surface area contributed by atoms with Crippen LogP contribution >= 0.6 is 0 Å². The van der Waals surface area contributed by atoms with Crippen LogP contribution < -0.4 is 5.32 Å². The Morgan fingerprint density at radius 3 is 2.86 bits per heavy atom. The Kier molecular flexibility index (Phi) is 4.56. The summed E-state index contributed by atoms with van der Waals surface area (Å²) in [5.41, 5.74) is 2.41. The zero-order valence-corrected chi connectivity index (χ0v) is 13.0. The number of benzene rings is 1. The van der Waals surface area contributed by atoms with E-state index in [2.05, 4.69) is 36.5 Å². The number of ether oxygens (including phenoxy) is 1. The van der Waals surface area contributed by atoms with E-state index >= 15 is 0 Å². The molecule has 114 valence electrons. The summed E-state index contributed by atoms with van der Waals surface area (Å²) < 4.78 is 7.48. The van der Waals surface area contributed by atoms with Crippen LogP contribution in [0.1, 0.15) is 37.9 Å². The van der Waals surface area contributed by atoms with Gasteiger partial charge in [0.05, 0.1) is 17.3 Å². The highest BCUT2D eigenvalue weighted by atomic mass is 16.5. The first-order chi connectivity index (χ1) is 10.3. The summed E-state index contributed by atoms with van der Waals surface area (Å²) >= 11 is 0. The molecular weight excluding hydrogens is 262 g/mol. The lowest BCUT2D eigenvalue weighted by molar-refractivity contribution is 0.0604. The second kappa shape index (κ2) is 6.58. The molecule has 1 aliphatic heterocycles. The van der Waals surface area contributed by atoms with E-state index in [1.54, 1.807) is 0 Å². The smallest absolute Gasteiger partial charge is 0.0872 e. The number of aryl methyl sites for hydroxylation is 1. The first-order valence-corrected chi connectivity index (χ1v) is 8.02. The van der Waals surface area contributed by atoms with Gasteiger partial charge in [-0.15, -0.1) is 0 Å². The molecule has 1 unspecified atom stereocenters. The monoisotopic (exact) mass is 287 g/mol. The molecule has 2 aromatic rings. The van der Waals surface area contributed by atoms with Crippen molar-refractivity contribution in [3.8, 4) is 0 Å². The van der Waals surface area contributed by atoms with Crippen LogP contribution in [0.4, 0.5) is 0 Å². The van der Waals surface area contributed by atoms with Crippen LogP contribution in [0.2, 0.25) is 0 Å². The molecule has 4 heteroatoms. The molecule has 1 aromatic carbocycles. The zero-order valence-electron chi connectivity index (χ0n) is 13.0. The summed E-state index contributed by atoms with van der Waals surface area (Å²) in [7, 11) is 2.03. The van der Waals surface area contributed by atoms with Gasteiger partial charge in [0, 0.05) is 25.6 Å². The van der Waals surface area contributed by atoms with Crippen molar-refractivity contribution in [2.45, 2.75) is 32.2 Å². The molecule has 3 rings (SSSR count). The molecule has 0 saturated carbocycles. The fourth-order valence-corrected chi connectivity index (χ4v) is 3.35. The van der Waals surface area contributed by atoms with Gasteiger partial charge < -0.3 is 10.1 Å². The molecule has 0 radical (unpaired) electrons. The van der Waals surface area contributed by atoms with E-state index in [1.807, 2.05) is 11.7 Å². The minimum absolute atomic E-state index is 0.337. The fourth-order valence-electron chi connectivity index (χ4n) is 3.35. The lowest BCUT2D eigenvalue weighted by Crippen LogP contribution is -2.26. The summed E-state index contributed by atoms with van der Waals surface area (Å²) in [5.74, 6) is 0.739. The Bertz CT molecular complexity index is 587. The van der Waals surface area contributed by atoms with Gasteiger partial charge in [-0.1, -0.05) is 25.1 Å². The van der Waals surface area contributed by atoms with Crippen molar-refractivity contribution in [1.29, 1.82) is 0 Å². The average molecular weight is 287 g/mol. The van der Waals surface area contributed by atoms with E-state index in [9.17, 15) is 0 Å². The lowest BCUT2D eigenvalue weighted by Gasteiger charge is -2.26. The Morgan fingerprint density at radius 1 is 1.33 bits per heavy atom. The van der Waals surface area contributed by atoms with E-state index in [4.69, 9.17) is 9.84 Å². The number of para-hydroxylation sites is 1. The molecule has 0 spiro atoms. The van der Waals surface area contributed by atoms with E-state index in [-0.39, 0.29) is 0 Å². The third kappa shape index (κ3) is 3.11. The van der Waals surface area contributed by atoms with Crippen LogP contribution in [0.15, 0.2) is 24.3 Å². The predicted molar refractivity (Wildman–Crippen MR) is 85.3 cm³/mol. The van der Waals surface area contributed by atoms with Crippen LogP contribution in [0, 0.1) is 5.92 Å². The molecule has 1 N–H and O–H groups in total. The Labute approximate surface area is 126 Å². The van der Waals surface area contributed by atoms with E-state index in [0.717, 1.165) is 32.1 Å². The van der Waals surface area contributed by atoms with E-state index in [1.165, 1.54) is 29.4 Å². The summed E-state index contributed by atoms with van der Waals surface area (Å²) in [5, 5.41) is 9.71. The number of fused-ring (bicyclic) bond motifs is 1. The molecular formula is C17H25N3O. The Balaban J connectivity index is 1.87. The van der Waals surface area contributed by atoms with Crippen molar-refractivity contribution in [2.24, 2.45) is 13.0 Å². The summed E-state index contributed by atoms with van der Waals surface area (Å²) in [4.78, 5) is 0. The lowest BCUT2D eigenvalue weighted by atomic mass is 9.90. The van der Waals surface area contributed by atoms with Crippen molar-refractivity contribution in [2.75, 3.05) is 19.8 Å². The van der Waals surface area contributed by atoms with E-state index in [0.29, 0.717) is 6.04 Å². The van der Waals surface area contributed by atoms with Gasteiger partial charge in [-0.05, 0) is 37.8 Å². The number of hydrogen-bond acceptors (Lipinski definition) is 3. The van der Waals surface area contributed by atoms with Crippen LogP contribution in [-0.4, -0.2) is 29.5 Å². The second-order valence-corrected chi connectivity index (χ2v) is 5.93.